The van der Waals surface area contributed by atoms with Crippen molar-refractivity contribution < 1.29 is 4.79 Å². The summed E-state index contributed by atoms with van der Waals surface area (Å²) < 4.78 is 2.08. The summed E-state index contributed by atoms with van der Waals surface area (Å²) >= 11 is 5.99. The number of nitrogens with zero attached hydrogens (tertiary/aromatic N) is 4. The lowest BCUT2D eigenvalue weighted by molar-refractivity contribution is -0.132. The number of pyridine rings is 2. The Hall–Kier alpha value is -2.44. The zero-order chi connectivity index (χ0) is 19.5. The van der Waals surface area contributed by atoms with Crippen LogP contribution in [-0.4, -0.2) is 45.0 Å². The molecule has 1 aliphatic heterocycles. The van der Waals surface area contributed by atoms with Gasteiger partial charge in [-0.05, 0) is 55.5 Å². The van der Waals surface area contributed by atoms with E-state index >= 15 is 0 Å². The smallest absolute Gasteiger partial charge is 0.222 e. The van der Waals surface area contributed by atoms with Crippen LogP contribution in [0.4, 0.5) is 0 Å². The Kier molecular flexibility index (Phi) is 5.59. The Morgan fingerprint density at radius 3 is 2.75 bits per heavy atom. The largest absolute Gasteiger partial charge is 0.343 e. The van der Waals surface area contributed by atoms with Crippen molar-refractivity contribution >= 4 is 28.4 Å². The topological polar surface area (TPSA) is 77.0 Å². The molecule has 7 heteroatoms. The van der Waals surface area contributed by atoms with Gasteiger partial charge in [-0.15, -0.1) is 0 Å². The number of carbonyl (C=O) groups is 1. The summed E-state index contributed by atoms with van der Waals surface area (Å²) in [7, 11) is 0. The molecule has 4 rings (SSSR count). The predicted octanol–water partition coefficient (Wildman–Crippen LogP) is 3.52. The summed E-state index contributed by atoms with van der Waals surface area (Å²) in [5.41, 5.74) is 7.86. The van der Waals surface area contributed by atoms with Crippen molar-refractivity contribution in [2.24, 2.45) is 5.73 Å². The molecule has 28 heavy (non-hydrogen) atoms. The number of hydrogen-bond donors (Lipinski definition) is 1. The molecule has 0 bridgehead atoms. The minimum atomic E-state index is 0.223. The Morgan fingerprint density at radius 2 is 2.04 bits per heavy atom. The van der Waals surface area contributed by atoms with Crippen LogP contribution in [0, 0.1) is 0 Å². The number of halogens is 1. The molecular formula is C21H24ClN5O. The van der Waals surface area contributed by atoms with Gasteiger partial charge in [0.2, 0.25) is 5.91 Å². The first-order chi connectivity index (χ1) is 13.7. The molecule has 0 aliphatic carbocycles. The minimum absolute atomic E-state index is 0.223. The van der Waals surface area contributed by atoms with E-state index in [1.807, 2.05) is 29.4 Å². The van der Waals surface area contributed by atoms with Gasteiger partial charge in [-0.3, -0.25) is 14.3 Å². The molecule has 3 aromatic heterocycles. The Morgan fingerprint density at radius 1 is 1.21 bits per heavy atom. The van der Waals surface area contributed by atoms with Gasteiger partial charge >= 0.3 is 0 Å². The van der Waals surface area contributed by atoms with Gasteiger partial charge in [0.1, 0.15) is 5.82 Å². The normalized spacial score (nSPS) is 15.3. The molecule has 1 saturated heterocycles. The Labute approximate surface area is 169 Å². The number of carbonyl (C=O) groups excluding carboxylic acids is 1. The van der Waals surface area contributed by atoms with Crippen LogP contribution in [0.1, 0.15) is 37.2 Å². The van der Waals surface area contributed by atoms with Crippen LogP contribution in [0.15, 0.2) is 43.0 Å². The second-order valence-corrected chi connectivity index (χ2v) is 7.67. The predicted molar refractivity (Wildman–Crippen MR) is 111 cm³/mol. The SMILES string of the molecule is NCCCC(=O)N1CCC(c2cn(-c3ccc(Cl)cn3)c3cnccc23)CC1. The van der Waals surface area contributed by atoms with Crippen molar-refractivity contribution in [1.82, 2.24) is 19.4 Å². The number of rotatable bonds is 5. The molecule has 0 radical (unpaired) electrons. The fourth-order valence-corrected chi connectivity index (χ4v) is 4.09. The molecular weight excluding hydrogens is 374 g/mol. The van der Waals surface area contributed by atoms with Gasteiger partial charge in [-0.2, -0.15) is 0 Å². The van der Waals surface area contributed by atoms with E-state index in [-0.39, 0.29) is 5.91 Å². The van der Waals surface area contributed by atoms with Gasteiger partial charge in [0.05, 0.1) is 16.7 Å². The van der Waals surface area contributed by atoms with Crippen molar-refractivity contribution in [3.8, 4) is 5.82 Å². The molecule has 0 atom stereocenters. The summed E-state index contributed by atoms with van der Waals surface area (Å²) in [5, 5.41) is 1.81. The van der Waals surface area contributed by atoms with Crippen molar-refractivity contribution in [3.05, 3.63) is 53.6 Å². The van der Waals surface area contributed by atoms with E-state index in [1.54, 1.807) is 6.20 Å². The highest BCUT2D eigenvalue weighted by Gasteiger charge is 2.26. The molecule has 3 aromatic rings. The van der Waals surface area contributed by atoms with E-state index < -0.39 is 0 Å². The quantitative estimate of drug-likeness (QED) is 0.714. The highest BCUT2D eigenvalue weighted by Crippen LogP contribution is 2.35. The molecule has 1 fully saturated rings. The zero-order valence-electron chi connectivity index (χ0n) is 15.7. The molecule has 2 N–H and O–H groups in total. The molecule has 4 heterocycles. The van der Waals surface area contributed by atoms with Crippen LogP contribution in [0.5, 0.6) is 0 Å². The number of hydrogen-bond acceptors (Lipinski definition) is 4. The van der Waals surface area contributed by atoms with Crippen molar-refractivity contribution in [2.45, 2.75) is 31.6 Å². The first kappa shape index (κ1) is 18.9. The number of amides is 1. The molecule has 1 amide bonds. The van der Waals surface area contributed by atoms with E-state index in [0.29, 0.717) is 23.9 Å². The first-order valence-corrected chi connectivity index (χ1v) is 10.1. The number of piperidine rings is 1. The van der Waals surface area contributed by atoms with E-state index in [2.05, 4.69) is 26.8 Å². The minimum Gasteiger partial charge on any atom is -0.343 e. The van der Waals surface area contributed by atoms with Crippen LogP contribution in [0.25, 0.3) is 16.7 Å². The van der Waals surface area contributed by atoms with Crippen LogP contribution in [0.2, 0.25) is 5.02 Å². The standard InChI is InChI=1S/C21H24ClN5O/c22-16-3-4-20(25-12-16)27-14-18(17-5-9-24-13-19(17)27)15-6-10-26(11-7-15)21(28)2-1-8-23/h3-5,9,12-15H,1-2,6-8,10-11,23H2. The number of fused-ring (bicyclic) bond motifs is 1. The van der Waals surface area contributed by atoms with Crippen LogP contribution in [0.3, 0.4) is 0 Å². The highest BCUT2D eigenvalue weighted by molar-refractivity contribution is 6.30. The van der Waals surface area contributed by atoms with Gasteiger partial charge in [0.15, 0.2) is 0 Å². The average molecular weight is 398 g/mol. The lowest BCUT2D eigenvalue weighted by atomic mass is 9.89. The number of likely N-dealkylation sites (tertiary alicyclic amines) is 1. The lowest BCUT2D eigenvalue weighted by Crippen LogP contribution is -2.38. The second-order valence-electron chi connectivity index (χ2n) is 7.23. The fourth-order valence-electron chi connectivity index (χ4n) is 3.98. The van der Waals surface area contributed by atoms with Crippen molar-refractivity contribution in [2.75, 3.05) is 19.6 Å². The zero-order valence-corrected chi connectivity index (χ0v) is 16.5. The highest BCUT2D eigenvalue weighted by atomic mass is 35.5. The number of aromatic nitrogens is 3. The third kappa shape index (κ3) is 3.75. The molecule has 0 aromatic carbocycles. The van der Waals surface area contributed by atoms with E-state index in [9.17, 15) is 4.79 Å². The maximum absolute atomic E-state index is 12.3. The van der Waals surface area contributed by atoms with Crippen LogP contribution >= 0.6 is 11.6 Å². The van der Waals surface area contributed by atoms with Gasteiger partial charge in [0.25, 0.3) is 0 Å². The molecule has 0 spiro atoms. The molecule has 0 unspecified atom stereocenters. The van der Waals surface area contributed by atoms with Gasteiger partial charge < -0.3 is 10.6 Å². The van der Waals surface area contributed by atoms with Gasteiger partial charge in [0, 0.05) is 43.5 Å². The van der Waals surface area contributed by atoms with E-state index in [0.717, 1.165) is 43.7 Å². The molecule has 6 nitrogen and oxygen atoms in total. The fraction of sp³-hybridized carbons (Fsp3) is 0.381. The summed E-state index contributed by atoms with van der Waals surface area (Å²) in [6, 6.07) is 5.82. The van der Waals surface area contributed by atoms with E-state index in [4.69, 9.17) is 17.3 Å². The average Bonchev–Trinajstić information content (AvgIpc) is 3.12. The Balaban J connectivity index is 1.58. The van der Waals surface area contributed by atoms with Crippen LogP contribution in [-0.2, 0) is 4.79 Å². The van der Waals surface area contributed by atoms with Crippen molar-refractivity contribution in [3.63, 3.8) is 0 Å². The lowest BCUT2D eigenvalue weighted by Gasteiger charge is -2.32. The summed E-state index contributed by atoms with van der Waals surface area (Å²) in [5.74, 6) is 1.46. The summed E-state index contributed by atoms with van der Waals surface area (Å²) in [4.78, 5) is 23.0. The molecule has 1 aliphatic rings. The van der Waals surface area contributed by atoms with Gasteiger partial charge in [-0.1, -0.05) is 11.6 Å². The van der Waals surface area contributed by atoms with Crippen LogP contribution < -0.4 is 5.73 Å². The third-order valence-electron chi connectivity index (χ3n) is 5.48. The maximum Gasteiger partial charge on any atom is 0.222 e. The van der Waals surface area contributed by atoms with E-state index in [1.165, 1.54) is 10.9 Å². The van der Waals surface area contributed by atoms with Crippen molar-refractivity contribution in [1.29, 1.82) is 0 Å². The summed E-state index contributed by atoms with van der Waals surface area (Å²) in [6.45, 7) is 2.16. The first-order valence-electron chi connectivity index (χ1n) is 9.72. The Bertz CT molecular complexity index is 961. The second kappa shape index (κ2) is 8.29. The maximum atomic E-state index is 12.3. The monoisotopic (exact) mass is 397 g/mol. The number of nitrogens with two attached hydrogens (primary N) is 1. The van der Waals surface area contributed by atoms with Gasteiger partial charge in [-0.25, -0.2) is 4.98 Å². The third-order valence-corrected chi connectivity index (χ3v) is 5.70. The summed E-state index contributed by atoms with van der Waals surface area (Å²) in [6.07, 6.45) is 10.8. The molecule has 146 valence electrons. The molecule has 0 saturated carbocycles.